The first kappa shape index (κ1) is 13.6. The van der Waals surface area contributed by atoms with E-state index in [1.165, 1.54) is 31.2 Å². The lowest BCUT2D eigenvalue weighted by atomic mass is 10.0. The van der Waals surface area contributed by atoms with Crippen LogP contribution in [0.3, 0.4) is 0 Å². The lowest BCUT2D eigenvalue weighted by molar-refractivity contribution is 0.691. The molecule has 4 heteroatoms. The average Bonchev–Trinajstić information content (AvgIpc) is 2.96. The largest absolute Gasteiger partial charge is 0.383 e. The molecule has 20 heavy (non-hydrogen) atoms. The van der Waals surface area contributed by atoms with Crippen LogP contribution in [0.25, 0.3) is 11.4 Å². The van der Waals surface area contributed by atoms with Crippen LogP contribution in [0.1, 0.15) is 42.9 Å². The maximum Gasteiger partial charge on any atom is 0.161 e. The smallest absolute Gasteiger partial charge is 0.161 e. The molecule has 1 heterocycles. The Hall–Kier alpha value is -1.42. The molecule has 1 aromatic heterocycles. The van der Waals surface area contributed by atoms with Crippen LogP contribution in [-0.4, -0.2) is 9.97 Å². The second-order valence-corrected chi connectivity index (χ2v) is 6.27. The number of hydrogen-bond acceptors (Lipinski definition) is 3. The molecule has 1 aliphatic rings. The molecule has 0 atom stereocenters. The normalized spacial score (nSPS) is 15.7. The summed E-state index contributed by atoms with van der Waals surface area (Å²) >= 11 is 3.56. The molecule has 0 bridgehead atoms. The van der Waals surface area contributed by atoms with E-state index >= 15 is 0 Å². The van der Waals surface area contributed by atoms with Crippen LogP contribution in [0.4, 0.5) is 5.82 Å². The first-order chi connectivity index (χ1) is 9.65. The molecule has 1 aromatic carbocycles. The molecule has 0 spiro atoms. The zero-order valence-corrected chi connectivity index (χ0v) is 13.2. The van der Waals surface area contributed by atoms with Gasteiger partial charge in [0.25, 0.3) is 0 Å². The number of aromatic nitrogens is 2. The van der Waals surface area contributed by atoms with Crippen LogP contribution in [0.15, 0.2) is 28.7 Å². The third kappa shape index (κ3) is 2.57. The summed E-state index contributed by atoms with van der Waals surface area (Å²) in [5.41, 5.74) is 9.39. The van der Waals surface area contributed by atoms with E-state index in [0.717, 1.165) is 21.6 Å². The summed E-state index contributed by atoms with van der Waals surface area (Å²) in [7, 11) is 0. The minimum atomic E-state index is 0.513. The van der Waals surface area contributed by atoms with Gasteiger partial charge in [0.1, 0.15) is 5.82 Å². The van der Waals surface area contributed by atoms with Gasteiger partial charge in [0, 0.05) is 11.5 Å². The molecule has 1 fully saturated rings. The van der Waals surface area contributed by atoms with Crippen molar-refractivity contribution in [2.45, 2.75) is 38.5 Å². The highest BCUT2D eigenvalue weighted by atomic mass is 79.9. The standard InChI is InChI=1S/C16H18BrN3/c1-10-6-8-12(9-7-10)16-19-14(11-4-2-3-5-11)13(17)15(18)20-16/h6-9,11H,2-5H2,1H3,(H2,18,19,20). The SMILES string of the molecule is Cc1ccc(-c2nc(N)c(Br)c(C3CCCC3)n2)cc1. The highest BCUT2D eigenvalue weighted by Crippen LogP contribution is 2.38. The number of rotatable bonds is 2. The summed E-state index contributed by atoms with van der Waals surface area (Å²) in [5.74, 6) is 1.78. The Kier molecular flexibility index (Phi) is 3.74. The Morgan fingerprint density at radius 3 is 2.40 bits per heavy atom. The van der Waals surface area contributed by atoms with E-state index in [4.69, 9.17) is 10.7 Å². The molecule has 0 aliphatic heterocycles. The summed E-state index contributed by atoms with van der Waals surface area (Å²) < 4.78 is 0.875. The number of aryl methyl sites for hydroxylation is 1. The molecule has 3 nitrogen and oxygen atoms in total. The molecule has 2 N–H and O–H groups in total. The Morgan fingerprint density at radius 1 is 1.10 bits per heavy atom. The van der Waals surface area contributed by atoms with Crippen molar-refractivity contribution in [3.8, 4) is 11.4 Å². The minimum Gasteiger partial charge on any atom is -0.383 e. The Morgan fingerprint density at radius 2 is 1.75 bits per heavy atom. The average molecular weight is 332 g/mol. The molecule has 1 aliphatic carbocycles. The van der Waals surface area contributed by atoms with Gasteiger partial charge >= 0.3 is 0 Å². The van der Waals surface area contributed by atoms with Gasteiger partial charge in [0.15, 0.2) is 5.82 Å². The second kappa shape index (κ2) is 5.52. The van der Waals surface area contributed by atoms with Crippen molar-refractivity contribution >= 4 is 21.7 Å². The quantitative estimate of drug-likeness (QED) is 0.884. The van der Waals surface area contributed by atoms with E-state index in [0.29, 0.717) is 11.7 Å². The van der Waals surface area contributed by atoms with E-state index in [9.17, 15) is 0 Å². The number of nitrogens with two attached hydrogens (primary N) is 1. The van der Waals surface area contributed by atoms with Crippen molar-refractivity contribution in [3.05, 3.63) is 40.0 Å². The van der Waals surface area contributed by atoms with Crippen molar-refractivity contribution < 1.29 is 0 Å². The summed E-state index contributed by atoms with van der Waals surface area (Å²) in [6.45, 7) is 2.07. The maximum atomic E-state index is 6.06. The summed E-state index contributed by atoms with van der Waals surface area (Å²) in [6, 6.07) is 8.26. The van der Waals surface area contributed by atoms with E-state index in [-0.39, 0.29) is 0 Å². The predicted octanol–water partition coefficient (Wildman–Crippen LogP) is 4.45. The topological polar surface area (TPSA) is 51.8 Å². The number of nitrogens with zero attached hydrogens (tertiary/aromatic N) is 2. The van der Waals surface area contributed by atoms with Gasteiger partial charge in [-0.3, -0.25) is 0 Å². The fourth-order valence-corrected chi connectivity index (χ4v) is 3.29. The molecule has 0 saturated heterocycles. The van der Waals surface area contributed by atoms with Gasteiger partial charge in [0.2, 0.25) is 0 Å². The van der Waals surface area contributed by atoms with Crippen molar-refractivity contribution in [2.75, 3.05) is 5.73 Å². The van der Waals surface area contributed by atoms with Crippen LogP contribution in [0, 0.1) is 6.92 Å². The van der Waals surface area contributed by atoms with E-state index in [1.807, 2.05) is 0 Å². The first-order valence-corrected chi connectivity index (χ1v) is 7.84. The Balaban J connectivity index is 2.05. The second-order valence-electron chi connectivity index (χ2n) is 5.48. The molecule has 1 saturated carbocycles. The maximum absolute atomic E-state index is 6.06. The molecule has 0 amide bonds. The van der Waals surface area contributed by atoms with Crippen LogP contribution in [-0.2, 0) is 0 Å². The zero-order chi connectivity index (χ0) is 14.1. The van der Waals surface area contributed by atoms with E-state index in [1.54, 1.807) is 0 Å². The van der Waals surface area contributed by atoms with Crippen molar-refractivity contribution in [2.24, 2.45) is 0 Å². The van der Waals surface area contributed by atoms with Gasteiger partial charge in [-0.15, -0.1) is 0 Å². The van der Waals surface area contributed by atoms with Gasteiger partial charge in [0.05, 0.1) is 10.2 Å². The molecule has 0 radical (unpaired) electrons. The van der Waals surface area contributed by atoms with Crippen LogP contribution >= 0.6 is 15.9 Å². The zero-order valence-electron chi connectivity index (χ0n) is 11.6. The van der Waals surface area contributed by atoms with E-state index < -0.39 is 0 Å². The van der Waals surface area contributed by atoms with Gasteiger partial charge in [-0.2, -0.15) is 0 Å². The van der Waals surface area contributed by atoms with Crippen molar-refractivity contribution in [1.82, 2.24) is 9.97 Å². The molecular formula is C16H18BrN3. The third-order valence-electron chi connectivity index (χ3n) is 3.95. The Labute approximate surface area is 127 Å². The van der Waals surface area contributed by atoms with E-state index in [2.05, 4.69) is 52.1 Å². The lowest BCUT2D eigenvalue weighted by Crippen LogP contribution is -2.05. The first-order valence-electron chi connectivity index (χ1n) is 7.05. The fourth-order valence-electron chi connectivity index (χ4n) is 2.78. The van der Waals surface area contributed by atoms with Gasteiger partial charge in [-0.1, -0.05) is 42.7 Å². The molecule has 2 aromatic rings. The monoisotopic (exact) mass is 331 g/mol. The number of benzene rings is 1. The highest BCUT2D eigenvalue weighted by molar-refractivity contribution is 9.10. The minimum absolute atomic E-state index is 0.513. The van der Waals surface area contributed by atoms with Crippen molar-refractivity contribution in [3.63, 3.8) is 0 Å². The fraction of sp³-hybridized carbons (Fsp3) is 0.375. The van der Waals surface area contributed by atoms with Gasteiger partial charge in [-0.05, 0) is 35.7 Å². The predicted molar refractivity (Wildman–Crippen MR) is 85.5 cm³/mol. The van der Waals surface area contributed by atoms with Crippen LogP contribution in [0.2, 0.25) is 0 Å². The van der Waals surface area contributed by atoms with Gasteiger partial charge in [-0.25, -0.2) is 9.97 Å². The third-order valence-corrected chi connectivity index (χ3v) is 4.77. The molecular weight excluding hydrogens is 314 g/mol. The number of halogens is 1. The van der Waals surface area contributed by atoms with Crippen LogP contribution < -0.4 is 5.73 Å². The number of nitrogen functional groups attached to an aromatic ring is 1. The van der Waals surface area contributed by atoms with Crippen molar-refractivity contribution in [1.29, 1.82) is 0 Å². The number of hydrogen-bond donors (Lipinski definition) is 1. The highest BCUT2D eigenvalue weighted by Gasteiger charge is 2.23. The molecule has 3 rings (SSSR count). The summed E-state index contributed by atoms with van der Waals surface area (Å²) in [5, 5.41) is 0. The molecule has 0 unspecified atom stereocenters. The van der Waals surface area contributed by atoms with Gasteiger partial charge < -0.3 is 5.73 Å². The Bertz CT molecular complexity index is 616. The lowest BCUT2D eigenvalue weighted by Gasteiger charge is -2.14. The number of anilines is 1. The summed E-state index contributed by atoms with van der Waals surface area (Å²) in [6.07, 6.45) is 4.95. The van der Waals surface area contributed by atoms with Crippen LogP contribution in [0.5, 0.6) is 0 Å². The summed E-state index contributed by atoms with van der Waals surface area (Å²) in [4.78, 5) is 9.20. The molecule has 104 valence electrons.